The molecule has 0 fully saturated rings. The Kier molecular flexibility index (Phi) is 3.64. The molecule has 0 spiro atoms. The second-order valence-corrected chi connectivity index (χ2v) is 4.49. The molecule has 2 N–H and O–H groups in total. The third-order valence-electron chi connectivity index (χ3n) is 3.12. The van der Waals surface area contributed by atoms with Crippen molar-refractivity contribution in [3.05, 3.63) is 29.8 Å². The number of aliphatic carboxylic acids is 1. The summed E-state index contributed by atoms with van der Waals surface area (Å²) in [6.45, 7) is 4.92. The van der Waals surface area contributed by atoms with Crippen LogP contribution in [-0.2, 0) is 11.3 Å². The second kappa shape index (κ2) is 5.19. The molecule has 0 radical (unpaired) electrons. The molecule has 92 valence electrons. The number of hydrogen-bond acceptors (Lipinski definition) is 3. The van der Waals surface area contributed by atoms with Crippen molar-refractivity contribution in [2.45, 2.75) is 13.5 Å². The van der Waals surface area contributed by atoms with E-state index in [0.717, 1.165) is 25.3 Å². The zero-order valence-corrected chi connectivity index (χ0v) is 10.0. The Morgan fingerprint density at radius 3 is 3.06 bits per heavy atom. The van der Waals surface area contributed by atoms with Gasteiger partial charge in [0, 0.05) is 31.9 Å². The molecule has 1 aromatic carbocycles. The van der Waals surface area contributed by atoms with E-state index in [0.29, 0.717) is 6.54 Å². The Morgan fingerprint density at radius 2 is 2.29 bits per heavy atom. The Labute approximate surface area is 101 Å². The number of rotatable bonds is 3. The molecule has 1 atom stereocenters. The lowest BCUT2D eigenvalue weighted by molar-refractivity contribution is -0.140. The molecule has 1 heterocycles. The smallest absolute Gasteiger partial charge is 0.308 e. The van der Waals surface area contributed by atoms with Crippen molar-refractivity contribution >= 4 is 11.7 Å². The zero-order chi connectivity index (χ0) is 12.3. The summed E-state index contributed by atoms with van der Waals surface area (Å²) in [4.78, 5) is 13.1. The third kappa shape index (κ3) is 2.77. The number of carbonyl (C=O) groups is 1. The number of nitrogens with zero attached hydrogens (tertiary/aromatic N) is 1. The molecular formula is C13H18N2O2. The first-order chi connectivity index (χ1) is 8.18. The van der Waals surface area contributed by atoms with Crippen molar-refractivity contribution in [2.75, 3.05) is 24.5 Å². The molecule has 0 saturated carbocycles. The number of anilines is 1. The van der Waals surface area contributed by atoms with Crippen LogP contribution in [0.15, 0.2) is 24.3 Å². The van der Waals surface area contributed by atoms with Crippen LogP contribution in [0.1, 0.15) is 12.5 Å². The molecule has 2 rings (SSSR count). The Bertz CT molecular complexity index is 406. The first-order valence-electron chi connectivity index (χ1n) is 5.95. The minimum absolute atomic E-state index is 0.346. The molecule has 0 saturated heterocycles. The van der Waals surface area contributed by atoms with Gasteiger partial charge in [-0.25, -0.2) is 0 Å². The molecule has 1 aliphatic rings. The maximum Gasteiger partial charge on any atom is 0.308 e. The normalized spacial score (nSPS) is 17.1. The molecule has 0 bridgehead atoms. The molecule has 0 amide bonds. The molecule has 1 aromatic rings. The van der Waals surface area contributed by atoms with Crippen LogP contribution >= 0.6 is 0 Å². The van der Waals surface area contributed by atoms with E-state index in [1.807, 2.05) is 12.1 Å². The van der Waals surface area contributed by atoms with Crippen molar-refractivity contribution in [1.29, 1.82) is 0 Å². The highest BCUT2D eigenvalue weighted by Crippen LogP contribution is 2.22. The number of hydrogen-bond donors (Lipinski definition) is 2. The van der Waals surface area contributed by atoms with Gasteiger partial charge in [-0.05, 0) is 11.6 Å². The van der Waals surface area contributed by atoms with E-state index in [2.05, 4.69) is 22.3 Å². The number of carboxylic acids is 1. The van der Waals surface area contributed by atoms with E-state index >= 15 is 0 Å². The summed E-state index contributed by atoms with van der Waals surface area (Å²) in [7, 11) is 0. The van der Waals surface area contributed by atoms with Crippen molar-refractivity contribution < 1.29 is 9.90 Å². The van der Waals surface area contributed by atoms with Crippen LogP contribution in [0.5, 0.6) is 0 Å². The molecule has 0 aromatic heterocycles. The van der Waals surface area contributed by atoms with Crippen molar-refractivity contribution in [1.82, 2.24) is 5.32 Å². The van der Waals surface area contributed by atoms with Gasteiger partial charge in [-0.15, -0.1) is 0 Å². The molecule has 0 aliphatic carbocycles. The van der Waals surface area contributed by atoms with Crippen LogP contribution in [0.4, 0.5) is 5.69 Å². The highest BCUT2D eigenvalue weighted by Gasteiger charge is 2.19. The summed E-state index contributed by atoms with van der Waals surface area (Å²) >= 11 is 0. The number of benzene rings is 1. The van der Waals surface area contributed by atoms with E-state index < -0.39 is 5.97 Å². The number of fused-ring (bicyclic) bond motifs is 1. The van der Waals surface area contributed by atoms with Crippen LogP contribution in [0.3, 0.4) is 0 Å². The minimum Gasteiger partial charge on any atom is -0.481 e. The summed E-state index contributed by atoms with van der Waals surface area (Å²) < 4.78 is 0. The van der Waals surface area contributed by atoms with E-state index in [1.54, 1.807) is 6.92 Å². The lowest BCUT2D eigenvalue weighted by Crippen LogP contribution is -2.34. The molecule has 17 heavy (non-hydrogen) atoms. The Morgan fingerprint density at radius 1 is 1.53 bits per heavy atom. The maximum absolute atomic E-state index is 10.9. The quantitative estimate of drug-likeness (QED) is 0.828. The topological polar surface area (TPSA) is 52.6 Å². The van der Waals surface area contributed by atoms with Crippen molar-refractivity contribution in [2.24, 2.45) is 5.92 Å². The van der Waals surface area contributed by atoms with Crippen LogP contribution in [-0.4, -0.2) is 30.7 Å². The van der Waals surface area contributed by atoms with Gasteiger partial charge >= 0.3 is 5.97 Å². The molecule has 4 heteroatoms. The van der Waals surface area contributed by atoms with E-state index in [9.17, 15) is 4.79 Å². The molecule has 1 aliphatic heterocycles. The van der Waals surface area contributed by atoms with Gasteiger partial charge in [0.05, 0.1) is 5.92 Å². The maximum atomic E-state index is 10.9. The summed E-state index contributed by atoms with van der Waals surface area (Å²) in [6, 6.07) is 8.18. The van der Waals surface area contributed by atoms with Crippen molar-refractivity contribution in [3.8, 4) is 0 Å². The summed E-state index contributed by atoms with van der Waals surface area (Å²) in [6.07, 6.45) is 0. The average molecular weight is 234 g/mol. The predicted octanol–water partition coefficient (Wildman–Crippen LogP) is 1.32. The zero-order valence-electron chi connectivity index (χ0n) is 10.0. The monoisotopic (exact) mass is 234 g/mol. The number of para-hydroxylation sites is 1. The second-order valence-electron chi connectivity index (χ2n) is 4.49. The highest BCUT2D eigenvalue weighted by molar-refractivity contribution is 5.70. The van der Waals surface area contributed by atoms with Crippen LogP contribution in [0, 0.1) is 5.92 Å². The highest BCUT2D eigenvalue weighted by atomic mass is 16.4. The van der Waals surface area contributed by atoms with Crippen LogP contribution in [0.25, 0.3) is 0 Å². The van der Waals surface area contributed by atoms with Gasteiger partial charge in [0.15, 0.2) is 0 Å². The Hall–Kier alpha value is -1.55. The van der Waals surface area contributed by atoms with Gasteiger partial charge in [0.2, 0.25) is 0 Å². The lowest BCUT2D eigenvalue weighted by atomic mass is 10.1. The SMILES string of the molecule is CC(CN1CCNCc2ccccc21)C(=O)O. The fourth-order valence-corrected chi connectivity index (χ4v) is 2.12. The molecule has 1 unspecified atom stereocenters. The number of carboxylic acid groups (broad SMARTS) is 1. The first-order valence-corrected chi connectivity index (χ1v) is 5.95. The predicted molar refractivity (Wildman–Crippen MR) is 67.2 cm³/mol. The lowest BCUT2D eigenvalue weighted by Gasteiger charge is -2.26. The van der Waals surface area contributed by atoms with E-state index in [4.69, 9.17) is 5.11 Å². The van der Waals surface area contributed by atoms with Gasteiger partial charge in [0.1, 0.15) is 0 Å². The average Bonchev–Trinajstić information content (AvgIpc) is 2.52. The van der Waals surface area contributed by atoms with Crippen molar-refractivity contribution in [3.63, 3.8) is 0 Å². The summed E-state index contributed by atoms with van der Waals surface area (Å²) in [5.74, 6) is -1.08. The summed E-state index contributed by atoms with van der Waals surface area (Å²) in [5.41, 5.74) is 2.40. The molecule has 4 nitrogen and oxygen atoms in total. The number of nitrogens with one attached hydrogen (secondary N) is 1. The Balaban J connectivity index is 2.20. The fourth-order valence-electron chi connectivity index (χ4n) is 2.12. The third-order valence-corrected chi connectivity index (χ3v) is 3.12. The van der Waals surface area contributed by atoms with Gasteiger partial charge in [0.25, 0.3) is 0 Å². The van der Waals surface area contributed by atoms with Gasteiger partial charge in [-0.3, -0.25) is 4.79 Å². The van der Waals surface area contributed by atoms with E-state index in [1.165, 1.54) is 5.56 Å². The van der Waals surface area contributed by atoms with Gasteiger partial charge in [-0.2, -0.15) is 0 Å². The largest absolute Gasteiger partial charge is 0.481 e. The summed E-state index contributed by atoms with van der Waals surface area (Å²) in [5, 5.41) is 12.3. The van der Waals surface area contributed by atoms with E-state index in [-0.39, 0.29) is 5.92 Å². The minimum atomic E-state index is -0.736. The molecular weight excluding hydrogens is 216 g/mol. The standard InChI is InChI=1S/C13H18N2O2/c1-10(13(16)17)9-15-7-6-14-8-11-4-2-3-5-12(11)15/h2-5,10,14H,6-9H2,1H3,(H,16,17). The van der Waals surface area contributed by atoms with Gasteiger partial charge in [-0.1, -0.05) is 25.1 Å². The fraction of sp³-hybridized carbons (Fsp3) is 0.462. The van der Waals surface area contributed by atoms with Crippen LogP contribution < -0.4 is 10.2 Å². The van der Waals surface area contributed by atoms with Crippen LogP contribution in [0.2, 0.25) is 0 Å². The van der Waals surface area contributed by atoms with Gasteiger partial charge < -0.3 is 15.3 Å². The first kappa shape index (κ1) is 11.9.